The van der Waals surface area contributed by atoms with E-state index >= 15 is 0 Å². The molecule has 1 aliphatic rings. The molecule has 19 heavy (non-hydrogen) atoms. The zero-order valence-electron chi connectivity index (χ0n) is 9.28. The van der Waals surface area contributed by atoms with Gasteiger partial charge in [0.05, 0.1) is 10.7 Å². The molecule has 6 nitrogen and oxygen atoms in total. The Kier molecular flexibility index (Phi) is 2.77. The quantitative estimate of drug-likeness (QED) is 0.809. The van der Waals surface area contributed by atoms with Crippen LogP contribution in [0.2, 0.25) is 5.02 Å². The van der Waals surface area contributed by atoms with Crippen molar-refractivity contribution in [3.63, 3.8) is 0 Å². The lowest BCUT2D eigenvalue weighted by Gasteiger charge is -2.13. The number of hydrogen-bond acceptors (Lipinski definition) is 3. The summed E-state index contributed by atoms with van der Waals surface area (Å²) < 4.78 is 27.2. The predicted molar refractivity (Wildman–Crippen MR) is 75.4 cm³/mol. The summed E-state index contributed by atoms with van der Waals surface area (Å²) in [7, 11) is -3.81. The van der Waals surface area contributed by atoms with Crippen molar-refractivity contribution in [3.05, 3.63) is 27.8 Å². The molecule has 0 bridgehead atoms. The summed E-state index contributed by atoms with van der Waals surface area (Å²) in [5.74, 6) is -0.553. The van der Waals surface area contributed by atoms with E-state index in [0.29, 0.717) is 26.1 Å². The summed E-state index contributed by atoms with van der Waals surface area (Å²) in [5.41, 5.74) is 1.10. The van der Waals surface area contributed by atoms with Gasteiger partial charge >= 0.3 is 10.2 Å². The number of amides is 1. The minimum atomic E-state index is -3.81. The molecular formula is C10H7BrClN3O3S. The molecular weight excluding hydrogens is 358 g/mol. The van der Waals surface area contributed by atoms with Crippen LogP contribution in [0, 0.1) is 0 Å². The summed E-state index contributed by atoms with van der Waals surface area (Å²) in [6.45, 7) is -0.227. The van der Waals surface area contributed by atoms with Crippen LogP contribution < -0.4 is 9.03 Å². The van der Waals surface area contributed by atoms with Gasteiger partial charge in [-0.2, -0.15) is 8.42 Å². The molecule has 2 N–H and O–H groups in total. The van der Waals surface area contributed by atoms with Gasteiger partial charge in [-0.15, -0.1) is 0 Å². The van der Waals surface area contributed by atoms with E-state index < -0.39 is 16.1 Å². The highest BCUT2D eigenvalue weighted by Crippen LogP contribution is 2.35. The SMILES string of the molecule is O=C1CN(c2c[nH]c3cc(Cl)c(Br)cc23)S(=O)(=O)N1. The number of fused-ring (bicyclic) bond motifs is 1. The molecule has 1 aromatic carbocycles. The Morgan fingerprint density at radius 1 is 1.37 bits per heavy atom. The topological polar surface area (TPSA) is 82.3 Å². The van der Waals surface area contributed by atoms with Crippen molar-refractivity contribution >= 4 is 60.2 Å². The molecule has 2 heterocycles. The van der Waals surface area contributed by atoms with E-state index in [1.54, 1.807) is 12.1 Å². The van der Waals surface area contributed by atoms with Crippen molar-refractivity contribution in [3.8, 4) is 0 Å². The lowest BCUT2D eigenvalue weighted by molar-refractivity contribution is -0.117. The third kappa shape index (κ3) is 1.99. The smallest absolute Gasteiger partial charge is 0.326 e. The first-order valence-corrected chi connectivity index (χ1v) is 7.79. The number of H-pyrrole nitrogens is 1. The van der Waals surface area contributed by atoms with Crippen LogP contribution in [-0.4, -0.2) is 25.9 Å². The van der Waals surface area contributed by atoms with Crippen molar-refractivity contribution in [1.29, 1.82) is 0 Å². The highest BCUT2D eigenvalue weighted by Gasteiger charge is 2.35. The molecule has 0 saturated carbocycles. The molecule has 1 aliphatic heterocycles. The monoisotopic (exact) mass is 363 g/mol. The second-order valence-electron chi connectivity index (χ2n) is 4.02. The Morgan fingerprint density at radius 2 is 2.11 bits per heavy atom. The number of carbonyl (C=O) groups is 1. The Hall–Kier alpha value is -1.25. The normalized spacial score (nSPS) is 18.0. The third-order valence-corrected chi connectivity index (χ3v) is 5.38. The third-order valence-electron chi connectivity index (χ3n) is 2.79. The summed E-state index contributed by atoms with van der Waals surface area (Å²) in [6.07, 6.45) is 1.53. The van der Waals surface area contributed by atoms with Crippen LogP contribution >= 0.6 is 27.5 Å². The van der Waals surface area contributed by atoms with Crippen LogP contribution in [0.3, 0.4) is 0 Å². The van der Waals surface area contributed by atoms with E-state index in [-0.39, 0.29) is 6.54 Å². The maximum absolute atomic E-state index is 11.8. The standard InChI is InChI=1S/C10H7BrClN3O3S/c11-6-1-5-8(2-7(6)12)13-3-9(5)15-4-10(16)14-19(15,17)18/h1-3,13H,4H2,(H,14,16). The Bertz CT molecular complexity index is 802. The number of aromatic nitrogens is 1. The Labute approximate surface area is 122 Å². The average Bonchev–Trinajstić information content (AvgIpc) is 2.80. The fourth-order valence-electron chi connectivity index (χ4n) is 1.97. The Balaban J connectivity index is 2.22. The molecule has 3 rings (SSSR count). The van der Waals surface area contributed by atoms with Crippen molar-refractivity contribution in [2.45, 2.75) is 0 Å². The molecule has 0 radical (unpaired) electrons. The minimum Gasteiger partial charge on any atom is -0.359 e. The van der Waals surface area contributed by atoms with E-state index in [9.17, 15) is 13.2 Å². The van der Waals surface area contributed by atoms with Gasteiger partial charge < -0.3 is 4.98 Å². The number of hydrogen-bond donors (Lipinski definition) is 2. The number of halogens is 2. The predicted octanol–water partition coefficient (Wildman–Crippen LogP) is 1.76. The molecule has 1 saturated heterocycles. The summed E-state index contributed by atoms with van der Waals surface area (Å²) in [5, 5.41) is 1.18. The van der Waals surface area contributed by atoms with Crippen molar-refractivity contribution in [2.75, 3.05) is 10.8 Å². The summed E-state index contributed by atoms with van der Waals surface area (Å²) in [4.78, 5) is 14.2. The van der Waals surface area contributed by atoms with Crippen LogP contribution in [0.5, 0.6) is 0 Å². The van der Waals surface area contributed by atoms with Crippen LogP contribution in [-0.2, 0) is 15.0 Å². The van der Waals surface area contributed by atoms with Crippen molar-refractivity contribution in [2.24, 2.45) is 0 Å². The minimum absolute atomic E-state index is 0.227. The molecule has 0 spiro atoms. The molecule has 1 amide bonds. The van der Waals surface area contributed by atoms with E-state index in [4.69, 9.17) is 11.6 Å². The lowest BCUT2D eigenvalue weighted by atomic mass is 10.2. The first-order valence-electron chi connectivity index (χ1n) is 5.18. The van der Waals surface area contributed by atoms with E-state index in [1.165, 1.54) is 6.20 Å². The van der Waals surface area contributed by atoms with Gasteiger partial charge in [-0.3, -0.25) is 4.79 Å². The summed E-state index contributed by atoms with van der Waals surface area (Å²) >= 11 is 9.26. The second kappa shape index (κ2) is 4.12. The first-order chi connectivity index (χ1) is 8.88. The number of nitrogens with zero attached hydrogens (tertiary/aromatic N) is 1. The van der Waals surface area contributed by atoms with E-state index in [1.807, 2.05) is 4.72 Å². The fourth-order valence-corrected chi connectivity index (χ4v) is 3.64. The lowest BCUT2D eigenvalue weighted by Crippen LogP contribution is -2.29. The molecule has 1 fully saturated rings. The van der Waals surface area contributed by atoms with Gasteiger partial charge in [-0.1, -0.05) is 11.6 Å². The highest BCUT2D eigenvalue weighted by molar-refractivity contribution is 9.10. The molecule has 0 atom stereocenters. The van der Waals surface area contributed by atoms with Crippen LogP contribution in [0.15, 0.2) is 22.8 Å². The van der Waals surface area contributed by atoms with Gasteiger partial charge in [0.25, 0.3) is 5.91 Å². The number of benzene rings is 1. The number of nitrogens with one attached hydrogen (secondary N) is 2. The number of aromatic amines is 1. The second-order valence-corrected chi connectivity index (χ2v) is 6.88. The van der Waals surface area contributed by atoms with Gasteiger partial charge in [0, 0.05) is 21.6 Å². The maximum atomic E-state index is 11.8. The van der Waals surface area contributed by atoms with Crippen LogP contribution in [0.25, 0.3) is 10.9 Å². The number of rotatable bonds is 1. The van der Waals surface area contributed by atoms with Gasteiger partial charge in [-0.05, 0) is 28.1 Å². The average molecular weight is 365 g/mol. The van der Waals surface area contributed by atoms with Gasteiger partial charge in [0.15, 0.2) is 0 Å². The molecule has 0 unspecified atom stereocenters. The molecule has 9 heteroatoms. The van der Waals surface area contributed by atoms with Gasteiger partial charge in [0.1, 0.15) is 6.54 Å². The largest absolute Gasteiger partial charge is 0.359 e. The van der Waals surface area contributed by atoms with Crippen molar-refractivity contribution < 1.29 is 13.2 Å². The zero-order chi connectivity index (χ0) is 13.8. The van der Waals surface area contributed by atoms with Crippen molar-refractivity contribution in [1.82, 2.24) is 9.71 Å². The fraction of sp³-hybridized carbons (Fsp3) is 0.100. The first kappa shape index (κ1) is 12.8. The van der Waals surface area contributed by atoms with Gasteiger partial charge in [-0.25, -0.2) is 9.03 Å². The van der Waals surface area contributed by atoms with E-state index in [0.717, 1.165) is 4.31 Å². The van der Waals surface area contributed by atoms with Crippen LogP contribution in [0.1, 0.15) is 0 Å². The van der Waals surface area contributed by atoms with Gasteiger partial charge in [0.2, 0.25) is 0 Å². The number of carbonyl (C=O) groups excluding carboxylic acids is 1. The zero-order valence-corrected chi connectivity index (χ0v) is 12.4. The molecule has 0 aliphatic carbocycles. The van der Waals surface area contributed by atoms with Crippen LogP contribution in [0.4, 0.5) is 5.69 Å². The van der Waals surface area contributed by atoms with E-state index in [2.05, 4.69) is 20.9 Å². The Morgan fingerprint density at radius 3 is 2.74 bits per heavy atom. The molecule has 2 aromatic rings. The molecule has 1 aromatic heterocycles. The number of anilines is 1. The highest BCUT2D eigenvalue weighted by atomic mass is 79.9. The maximum Gasteiger partial charge on any atom is 0.326 e. The summed E-state index contributed by atoms with van der Waals surface area (Å²) in [6, 6.07) is 3.39. The molecule has 100 valence electrons.